The molecule has 0 heterocycles. The van der Waals surface area contributed by atoms with Gasteiger partial charge in [-0.25, -0.2) is 0 Å². The van der Waals surface area contributed by atoms with Gasteiger partial charge in [-0.2, -0.15) is 0 Å². The Hall–Kier alpha value is -1.50. The smallest absolute Gasteiger partial charge is 0.245 e. The number of amides is 1. The highest BCUT2D eigenvalue weighted by Crippen LogP contribution is 2.29. The van der Waals surface area contributed by atoms with E-state index in [0.717, 1.165) is 5.56 Å². The Morgan fingerprint density at radius 2 is 1.63 bits per heavy atom. The van der Waals surface area contributed by atoms with Crippen molar-refractivity contribution in [3.63, 3.8) is 0 Å². The van der Waals surface area contributed by atoms with Gasteiger partial charge in [-0.3, -0.25) is 4.79 Å². The second kappa shape index (κ2) is 10.2. The molecule has 142 valence electrons. The average molecular weight is 463 g/mol. The zero-order valence-corrected chi connectivity index (χ0v) is 17.6. The Morgan fingerprint density at radius 3 is 2.26 bits per heavy atom. The fraction of sp³-hybridized carbons (Fsp3) is 0.111. The summed E-state index contributed by atoms with van der Waals surface area (Å²) in [4.78, 5) is 12.2. The molecule has 3 N–H and O–H groups in total. The summed E-state index contributed by atoms with van der Waals surface area (Å²) in [7, 11) is 0. The van der Waals surface area contributed by atoms with Gasteiger partial charge in [0.1, 0.15) is 6.17 Å². The highest BCUT2D eigenvalue weighted by Gasteiger charge is 2.34. The summed E-state index contributed by atoms with van der Waals surface area (Å²) in [5.41, 5.74) is 1.44. The lowest BCUT2D eigenvalue weighted by atomic mass is 10.2. The van der Waals surface area contributed by atoms with Crippen LogP contribution in [0.15, 0.2) is 60.7 Å². The molecule has 0 radical (unpaired) electrons. The predicted octanol–water partition coefficient (Wildman–Crippen LogP) is 5.15. The van der Waals surface area contributed by atoms with Crippen LogP contribution in [0.3, 0.4) is 0 Å². The third-order valence-corrected chi connectivity index (χ3v) is 4.44. The summed E-state index contributed by atoms with van der Waals surface area (Å²) >= 11 is 29.1. The number of benzene rings is 2. The maximum absolute atomic E-state index is 12.2. The van der Waals surface area contributed by atoms with Gasteiger partial charge in [0.2, 0.25) is 9.70 Å². The lowest BCUT2D eigenvalue weighted by Gasteiger charge is -2.27. The van der Waals surface area contributed by atoms with Crippen molar-refractivity contribution in [1.29, 1.82) is 0 Å². The number of alkyl halides is 3. The van der Waals surface area contributed by atoms with Gasteiger partial charge in [0.05, 0.1) is 10.7 Å². The van der Waals surface area contributed by atoms with Crippen LogP contribution in [0.1, 0.15) is 5.56 Å². The standard InChI is InChI=1S/C18H15Cl4N3OS/c19-13-8-4-5-9-14(13)23-17(27)25-16(18(20,21)22)24-15(26)11-10-12-6-2-1-3-7-12/h1-11,16H,(H,24,26)(H2,23,25,27)/b11-10-. The van der Waals surface area contributed by atoms with Crippen molar-refractivity contribution < 1.29 is 4.79 Å². The minimum absolute atomic E-state index is 0.131. The number of halogens is 4. The number of rotatable bonds is 5. The lowest BCUT2D eigenvalue weighted by molar-refractivity contribution is -0.117. The van der Waals surface area contributed by atoms with Gasteiger partial charge in [0.15, 0.2) is 5.11 Å². The molecule has 0 fully saturated rings. The molecule has 0 aliphatic rings. The van der Waals surface area contributed by atoms with Crippen molar-refractivity contribution in [3.05, 3.63) is 71.3 Å². The maximum Gasteiger partial charge on any atom is 0.245 e. The zero-order valence-electron chi connectivity index (χ0n) is 13.8. The Labute approximate surface area is 182 Å². The van der Waals surface area contributed by atoms with Crippen molar-refractivity contribution in [2.75, 3.05) is 5.32 Å². The van der Waals surface area contributed by atoms with Gasteiger partial charge in [-0.1, -0.05) is 88.9 Å². The van der Waals surface area contributed by atoms with Gasteiger partial charge in [0.25, 0.3) is 0 Å². The third kappa shape index (κ3) is 7.56. The fourth-order valence-electron chi connectivity index (χ4n) is 1.98. The van der Waals surface area contributed by atoms with Crippen molar-refractivity contribution in [2.45, 2.75) is 9.96 Å². The van der Waals surface area contributed by atoms with Crippen molar-refractivity contribution >= 4 is 81.4 Å². The first-order chi connectivity index (χ1) is 12.8. The van der Waals surface area contributed by atoms with Crippen molar-refractivity contribution in [1.82, 2.24) is 10.6 Å². The average Bonchev–Trinajstić information content (AvgIpc) is 2.61. The predicted molar refractivity (Wildman–Crippen MR) is 119 cm³/mol. The Balaban J connectivity index is 2.00. The van der Waals surface area contributed by atoms with E-state index in [2.05, 4.69) is 16.0 Å². The van der Waals surface area contributed by atoms with Gasteiger partial charge in [-0.15, -0.1) is 0 Å². The normalized spacial score (nSPS) is 12.4. The minimum Gasteiger partial charge on any atom is -0.339 e. The number of hydrogen-bond acceptors (Lipinski definition) is 2. The van der Waals surface area contributed by atoms with E-state index in [1.807, 2.05) is 30.3 Å². The van der Waals surface area contributed by atoms with Crippen LogP contribution >= 0.6 is 58.6 Å². The molecule has 0 bridgehead atoms. The summed E-state index contributed by atoms with van der Waals surface area (Å²) in [5, 5.41) is 8.82. The number of anilines is 1. The molecule has 1 amide bonds. The molecule has 9 heteroatoms. The number of carbonyl (C=O) groups is 1. The van der Waals surface area contributed by atoms with E-state index >= 15 is 0 Å². The highest BCUT2D eigenvalue weighted by atomic mass is 35.6. The Morgan fingerprint density at radius 1 is 1.00 bits per heavy atom. The summed E-state index contributed by atoms with van der Waals surface area (Å²) in [5.74, 6) is -0.455. The van der Waals surface area contributed by atoms with Gasteiger partial charge in [0, 0.05) is 6.08 Å². The van der Waals surface area contributed by atoms with E-state index in [4.69, 9.17) is 58.6 Å². The first kappa shape index (κ1) is 21.8. The van der Waals surface area contributed by atoms with E-state index in [1.165, 1.54) is 6.08 Å². The lowest BCUT2D eigenvalue weighted by Crippen LogP contribution is -2.55. The van der Waals surface area contributed by atoms with E-state index in [1.54, 1.807) is 30.3 Å². The monoisotopic (exact) mass is 461 g/mol. The molecule has 0 saturated carbocycles. The minimum atomic E-state index is -1.84. The molecule has 27 heavy (non-hydrogen) atoms. The summed E-state index contributed by atoms with van der Waals surface area (Å²) in [6.45, 7) is 0. The molecule has 0 spiro atoms. The molecule has 1 atom stereocenters. The van der Waals surface area contributed by atoms with Crippen LogP contribution in [0.5, 0.6) is 0 Å². The SMILES string of the molecule is O=C(/C=C\c1ccccc1)NC(NC(=S)Nc1ccccc1Cl)C(Cl)(Cl)Cl. The topological polar surface area (TPSA) is 53.2 Å². The summed E-state index contributed by atoms with van der Waals surface area (Å²) < 4.78 is -1.84. The van der Waals surface area contributed by atoms with Gasteiger partial charge < -0.3 is 16.0 Å². The first-order valence-electron chi connectivity index (χ1n) is 7.68. The number of para-hydroxylation sites is 1. The third-order valence-electron chi connectivity index (χ3n) is 3.24. The molecule has 2 rings (SSSR count). The Bertz CT molecular complexity index is 825. The van der Waals surface area contributed by atoms with Crippen LogP contribution in [0, 0.1) is 0 Å². The largest absolute Gasteiger partial charge is 0.339 e. The van der Waals surface area contributed by atoms with Gasteiger partial charge in [-0.05, 0) is 36.0 Å². The van der Waals surface area contributed by atoms with Crippen LogP contribution < -0.4 is 16.0 Å². The summed E-state index contributed by atoms with van der Waals surface area (Å²) in [6.07, 6.45) is 1.91. The molecule has 4 nitrogen and oxygen atoms in total. The van der Waals surface area contributed by atoms with E-state index in [-0.39, 0.29) is 5.11 Å². The number of carbonyl (C=O) groups excluding carboxylic acids is 1. The van der Waals surface area contributed by atoms with Crippen molar-refractivity contribution in [2.24, 2.45) is 0 Å². The van der Waals surface area contributed by atoms with E-state index in [9.17, 15) is 4.79 Å². The van der Waals surface area contributed by atoms with E-state index in [0.29, 0.717) is 10.7 Å². The maximum atomic E-state index is 12.2. The molecule has 0 aliphatic carbocycles. The zero-order chi connectivity index (χ0) is 19.9. The number of nitrogens with one attached hydrogen (secondary N) is 3. The molecule has 1 unspecified atom stereocenters. The van der Waals surface area contributed by atoms with Crippen LogP contribution in [0.4, 0.5) is 5.69 Å². The molecule has 0 aromatic heterocycles. The highest BCUT2D eigenvalue weighted by molar-refractivity contribution is 7.80. The molecular weight excluding hydrogens is 448 g/mol. The molecule has 0 saturated heterocycles. The molecule has 2 aromatic carbocycles. The Kier molecular flexibility index (Phi) is 8.20. The number of hydrogen-bond donors (Lipinski definition) is 3. The van der Waals surface area contributed by atoms with Crippen molar-refractivity contribution in [3.8, 4) is 0 Å². The first-order valence-corrected chi connectivity index (χ1v) is 9.60. The van der Waals surface area contributed by atoms with Gasteiger partial charge >= 0.3 is 0 Å². The quantitative estimate of drug-likeness (QED) is 0.249. The second-order valence-electron chi connectivity index (χ2n) is 5.31. The van der Waals surface area contributed by atoms with Crippen LogP contribution in [0.25, 0.3) is 6.08 Å². The molecule has 2 aromatic rings. The van der Waals surface area contributed by atoms with E-state index < -0.39 is 15.9 Å². The second-order valence-corrected chi connectivity index (χ2v) is 8.49. The number of thiocarbonyl (C=S) groups is 1. The molecule has 0 aliphatic heterocycles. The summed E-state index contributed by atoms with van der Waals surface area (Å²) in [6, 6.07) is 16.3. The fourth-order valence-corrected chi connectivity index (χ4v) is 2.72. The van der Waals surface area contributed by atoms with Crippen LogP contribution in [-0.2, 0) is 4.79 Å². The van der Waals surface area contributed by atoms with Crippen LogP contribution in [-0.4, -0.2) is 21.0 Å². The molecular formula is C18H15Cl4N3OS. The van der Waals surface area contributed by atoms with Crippen LogP contribution in [0.2, 0.25) is 5.02 Å².